The van der Waals surface area contributed by atoms with Gasteiger partial charge in [0.2, 0.25) is 0 Å². The molecular formula is C16H23NO. The van der Waals surface area contributed by atoms with Crippen LogP contribution in [0.15, 0.2) is 24.3 Å². The summed E-state index contributed by atoms with van der Waals surface area (Å²) < 4.78 is 0. The van der Waals surface area contributed by atoms with E-state index in [1.165, 1.54) is 11.1 Å². The molecule has 2 rings (SSSR count). The molecule has 0 atom stereocenters. The van der Waals surface area contributed by atoms with E-state index in [9.17, 15) is 4.79 Å². The van der Waals surface area contributed by atoms with Crippen molar-refractivity contribution in [3.63, 3.8) is 0 Å². The fourth-order valence-corrected chi connectivity index (χ4v) is 2.90. The minimum absolute atomic E-state index is 0.0719. The Morgan fingerprint density at radius 3 is 2.33 bits per heavy atom. The van der Waals surface area contributed by atoms with Crippen molar-refractivity contribution in [2.45, 2.75) is 44.4 Å². The van der Waals surface area contributed by atoms with Gasteiger partial charge in [-0.25, -0.2) is 0 Å². The van der Waals surface area contributed by atoms with Gasteiger partial charge in [-0.1, -0.05) is 38.1 Å². The lowest BCUT2D eigenvalue weighted by atomic mass is 9.71. The lowest BCUT2D eigenvalue weighted by Crippen LogP contribution is -2.40. The molecule has 1 heterocycles. The Kier molecular flexibility index (Phi) is 4.18. The van der Waals surface area contributed by atoms with Crippen LogP contribution in [0.4, 0.5) is 0 Å². The van der Waals surface area contributed by atoms with Gasteiger partial charge in [0.1, 0.15) is 6.29 Å². The summed E-state index contributed by atoms with van der Waals surface area (Å²) in [6.07, 6.45) is 3.86. The number of carbonyl (C=O) groups excluding carboxylic acids is 1. The van der Waals surface area contributed by atoms with Gasteiger partial charge in [-0.15, -0.1) is 0 Å². The van der Waals surface area contributed by atoms with Crippen molar-refractivity contribution >= 4 is 6.29 Å². The zero-order chi connectivity index (χ0) is 13.0. The monoisotopic (exact) mass is 245 g/mol. The molecule has 0 bridgehead atoms. The molecule has 1 aromatic rings. The van der Waals surface area contributed by atoms with Gasteiger partial charge in [0.15, 0.2) is 0 Å². The zero-order valence-electron chi connectivity index (χ0n) is 11.4. The minimum atomic E-state index is 0.0719. The van der Waals surface area contributed by atoms with Crippen molar-refractivity contribution in [3.05, 3.63) is 35.4 Å². The highest BCUT2D eigenvalue weighted by Crippen LogP contribution is 2.36. The number of hydrogen-bond donors (Lipinski definition) is 1. The second kappa shape index (κ2) is 5.66. The molecule has 1 fully saturated rings. The largest absolute Gasteiger partial charge is 0.317 e. The van der Waals surface area contributed by atoms with E-state index in [2.05, 4.69) is 43.4 Å². The Balaban J connectivity index is 2.27. The lowest BCUT2D eigenvalue weighted by molar-refractivity contribution is -0.109. The molecule has 0 amide bonds. The average molecular weight is 245 g/mol. The standard InChI is InChI=1S/C16H23NO/c1-13(2)14-3-5-15(6-4-14)16(9-12-18)7-10-17-11-8-16/h3-6,12-13,17H,7-11H2,1-2H3. The van der Waals surface area contributed by atoms with E-state index >= 15 is 0 Å². The average Bonchev–Trinajstić information content (AvgIpc) is 2.40. The number of hydrogen-bond acceptors (Lipinski definition) is 2. The maximum atomic E-state index is 11.0. The van der Waals surface area contributed by atoms with Crippen LogP contribution >= 0.6 is 0 Å². The molecule has 1 aliphatic heterocycles. The normalized spacial score (nSPS) is 18.8. The Morgan fingerprint density at radius 1 is 1.22 bits per heavy atom. The van der Waals surface area contributed by atoms with Crippen LogP contribution in [0.25, 0.3) is 0 Å². The number of benzene rings is 1. The second-order valence-electron chi connectivity index (χ2n) is 5.68. The Bertz CT molecular complexity index is 388. The third kappa shape index (κ3) is 2.64. The fourth-order valence-electron chi connectivity index (χ4n) is 2.90. The highest BCUT2D eigenvalue weighted by Gasteiger charge is 2.33. The van der Waals surface area contributed by atoms with Gasteiger partial charge in [-0.3, -0.25) is 0 Å². The van der Waals surface area contributed by atoms with Crippen molar-refractivity contribution in [1.29, 1.82) is 0 Å². The fraction of sp³-hybridized carbons (Fsp3) is 0.562. The van der Waals surface area contributed by atoms with Gasteiger partial charge in [0, 0.05) is 11.8 Å². The van der Waals surface area contributed by atoms with Crippen molar-refractivity contribution in [1.82, 2.24) is 5.32 Å². The van der Waals surface area contributed by atoms with Gasteiger partial charge in [0.05, 0.1) is 0 Å². The molecule has 0 radical (unpaired) electrons. The third-order valence-electron chi connectivity index (χ3n) is 4.22. The van der Waals surface area contributed by atoms with Crippen molar-refractivity contribution in [2.75, 3.05) is 13.1 Å². The first kappa shape index (κ1) is 13.3. The number of aldehydes is 1. The number of nitrogens with one attached hydrogen (secondary N) is 1. The SMILES string of the molecule is CC(C)c1ccc(C2(CC=O)CCNCC2)cc1. The van der Waals surface area contributed by atoms with E-state index in [1.807, 2.05) is 0 Å². The Morgan fingerprint density at radius 2 is 1.83 bits per heavy atom. The summed E-state index contributed by atoms with van der Waals surface area (Å²) in [5.74, 6) is 0.564. The molecule has 2 nitrogen and oxygen atoms in total. The first-order valence-corrected chi connectivity index (χ1v) is 6.93. The highest BCUT2D eigenvalue weighted by molar-refractivity contribution is 5.54. The molecule has 1 saturated heterocycles. The van der Waals surface area contributed by atoms with Gasteiger partial charge in [-0.2, -0.15) is 0 Å². The topological polar surface area (TPSA) is 29.1 Å². The first-order chi connectivity index (χ1) is 8.68. The molecule has 0 spiro atoms. The lowest BCUT2D eigenvalue weighted by Gasteiger charge is -2.37. The van der Waals surface area contributed by atoms with Gasteiger partial charge < -0.3 is 10.1 Å². The van der Waals surface area contributed by atoms with E-state index in [1.54, 1.807) is 0 Å². The maximum Gasteiger partial charge on any atom is 0.120 e. The molecule has 0 unspecified atom stereocenters. The van der Waals surface area contributed by atoms with E-state index in [4.69, 9.17) is 0 Å². The van der Waals surface area contributed by atoms with Crippen LogP contribution in [0.3, 0.4) is 0 Å². The molecule has 18 heavy (non-hydrogen) atoms. The van der Waals surface area contributed by atoms with Crippen molar-refractivity contribution in [2.24, 2.45) is 0 Å². The Hall–Kier alpha value is -1.15. The quantitative estimate of drug-likeness (QED) is 0.826. The Labute approximate surface area is 110 Å². The summed E-state index contributed by atoms with van der Waals surface area (Å²) >= 11 is 0. The molecule has 1 N–H and O–H groups in total. The summed E-state index contributed by atoms with van der Waals surface area (Å²) in [6.45, 7) is 6.45. The molecule has 0 aromatic heterocycles. The van der Waals surface area contributed by atoms with Crippen molar-refractivity contribution < 1.29 is 4.79 Å². The molecule has 1 aliphatic rings. The first-order valence-electron chi connectivity index (χ1n) is 6.93. The highest BCUT2D eigenvalue weighted by atomic mass is 16.1. The predicted octanol–water partition coefficient (Wildman–Crippen LogP) is 3.02. The zero-order valence-corrected chi connectivity index (χ0v) is 11.4. The molecule has 0 saturated carbocycles. The molecule has 2 heteroatoms. The van der Waals surface area contributed by atoms with Crippen LogP contribution in [0, 0.1) is 0 Å². The summed E-state index contributed by atoms with van der Waals surface area (Å²) in [4.78, 5) is 11.0. The predicted molar refractivity (Wildman–Crippen MR) is 75.0 cm³/mol. The summed E-state index contributed by atoms with van der Waals surface area (Å²) in [6, 6.07) is 8.89. The van der Waals surface area contributed by atoms with Crippen LogP contribution in [0.2, 0.25) is 0 Å². The number of piperidine rings is 1. The number of carbonyl (C=O) groups is 1. The third-order valence-corrected chi connectivity index (χ3v) is 4.22. The van der Waals surface area contributed by atoms with E-state index in [0.29, 0.717) is 12.3 Å². The molecule has 98 valence electrons. The second-order valence-corrected chi connectivity index (χ2v) is 5.68. The molecule has 0 aliphatic carbocycles. The maximum absolute atomic E-state index is 11.0. The van der Waals surface area contributed by atoms with Gasteiger partial charge >= 0.3 is 0 Å². The molecular weight excluding hydrogens is 222 g/mol. The summed E-state index contributed by atoms with van der Waals surface area (Å²) in [7, 11) is 0. The van der Waals surface area contributed by atoms with E-state index in [0.717, 1.165) is 32.2 Å². The van der Waals surface area contributed by atoms with Gasteiger partial charge in [-0.05, 0) is 43.0 Å². The van der Waals surface area contributed by atoms with Crippen LogP contribution in [0.5, 0.6) is 0 Å². The van der Waals surface area contributed by atoms with Crippen LogP contribution in [-0.2, 0) is 10.2 Å². The van der Waals surface area contributed by atoms with Gasteiger partial charge in [0.25, 0.3) is 0 Å². The minimum Gasteiger partial charge on any atom is -0.317 e. The summed E-state index contributed by atoms with van der Waals surface area (Å²) in [5, 5.41) is 3.38. The van der Waals surface area contributed by atoms with Crippen LogP contribution in [-0.4, -0.2) is 19.4 Å². The van der Waals surface area contributed by atoms with Crippen LogP contribution in [0.1, 0.15) is 50.2 Å². The summed E-state index contributed by atoms with van der Waals surface area (Å²) in [5.41, 5.74) is 2.78. The van der Waals surface area contributed by atoms with Crippen molar-refractivity contribution in [3.8, 4) is 0 Å². The van der Waals surface area contributed by atoms with E-state index in [-0.39, 0.29) is 5.41 Å². The smallest absolute Gasteiger partial charge is 0.120 e. The molecule has 1 aromatic carbocycles. The van der Waals surface area contributed by atoms with Crippen LogP contribution < -0.4 is 5.32 Å². The van der Waals surface area contributed by atoms with E-state index < -0.39 is 0 Å². The number of rotatable bonds is 4.